The van der Waals surface area contributed by atoms with Crippen LogP contribution in [0, 0.1) is 11.8 Å². The van der Waals surface area contributed by atoms with Crippen LogP contribution in [0.1, 0.15) is 18.9 Å². The van der Waals surface area contributed by atoms with Crippen molar-refractivity contribution in [1.29, 1.82) is 0 Å². The number of rotatable bonds is 3. The van der Waals surface area contributed by atoms with Gasteiger partial charge < -0.3 is 4.57 Å². The molecular weight excluding hydrogens is 256 g/mol. The summed E-state index contributed by atoms with van der Waals surface area (Å²) in [6.45, 7) is 2.86. The predicted octanol–water partition coefficient (Wildman–Crippen LogP) is 2.68. The van der Waals surface area contributed by atoms with Gasteiger partial charge in [0, 0.05) is 24.0 Å². The summed E-state index contributed by atoms with van der Waals surface area (Å²) < 4.78 is 2.03. The molecule has 0 radical (unpaired) electrons. The van der Waals surface area contributed by atoms with E-state index in [0.717, 1.165) is 17.8 Å². The van der Waals surface area contributed by atoms with Crippen molar-refractivity contribution in [2.24, 2.45) is 16.8 Å². The summed E-state index contributed by atoms with van der Waals surface area (Å²) in [4.78, 5) is 17.0. The standard InChI is InChI=1S/C15H16N2OS/c1-11-9-13(11)14(18)16-15-17(7-8-19-15)10-12-5-3-2-4-6-12/h2-8,11,13H,9-10H2,1H3. The van der Waals surface area contributed by atoms with Crippen LogP contribution in [0.4, 0.5) is 0 Å². The molecule has 0 bridgehead atoms. The monoisotopic (exact) mass is 272 g/mol. The Bertz CT molecular complexity index is 641. The molecule has 1 aromatic heterocycles. The van der Waals surface area contributed by atoms with Gasteiger partial charge in [-0.2, -0.15) is 4.99 Å². The summed E-state index contributed by atoms with van der Waals surface area (Å²) in [6, 6.07) is 10.2. The number of thiazole rings is 1. The molecule has 0 spiro atoms. The lowest BCUT2D eigenvalue weighted by Crippen LogP contribution is -2.17. The second-order valence-electron chi connectivity index (χ2n) is 5.07. The molecule has 19 heavy (non-hydrogen) atoms. The van der Waals surface area contributed by atoms with Gasteiger partial charge in [-0.1, -0.05) is 37.3 Å². The molecule has 1 heterocycles. The Hall–Kier alpha value is -1.68. The Balaban J connectivity index is 1.82. The first kappa shape index (κ1) is 12.4. The summed E-state index contributed by atoms with van der Waals surface area (Å²) in [5.74, 6) is 0.711. The van der Waals surface area contributed by atoms with Gasteiger partial charge in [-0.25, -0.2) is 0 Å². The van der Waals surface area contributed by atoms with Crippen LogP contribution in [0.5, 0.6) is 0 Å². The lowest BCUT2D eigenvalue weighted by Gasteiger charge is -2.02. The summed E-state index contributed by atoms with van der Waals surface area (Å²) in [6.07, 6.45) is 2.98. The molecule has 1 aliphatic carbocycles. The van der Waals surface area contributed by atoms with Crippen LogP contribution >= 0.6 is 11.3 Å². The van der Waals surface area contributed by atoms with Gasteiger partial charge in [0.05, 0.1) is 0 Å². The number of aromatic nitrogens is 1. The van der Waals surface area contributed by atoms with E-state index in [9.17, 15) is 4.79 Å². The predicted molar refractivity (Wildman–Crippen MR) is 75.7 cm³/mol. The minimum absolute atomic E-state index is 0.0387. The van der Waals surface area contributed by atoms with E-state index in [1.807, 2.05) is 34.3 Å². The van der Waals surface area contributed by atoms with E-state index < -0.39 is 0 Å². The van der Waals surface area contributed by atoms with Crippen molar-refractivity contribution < 1.29 is 4.79 Å². The van der Waals surface area contributed by atoms with Gasteiger partial charge in [0.25, 0.3) is 5.91 Å². The largest absolute Gasteiger partial charge is 0.319 e. The lowest BCUT2D eigenvalue weighted by molar-refractivity contribution is -0.119. The maximum atomic E-state index is 11.9. The van der Waals surface area contributed by atoms with Crippen LogP contribution in [-0.2, 0) is 11.3 Å². The molecular formula is C15H16N2OS. The van der Waals surface area contributed by atoms with E-state index in [1.165, 1.54) is 16.9 Å². The lowest BCUT2D eigenvalue weighted by atomic mass is 10.2. The number of amides is 1. The second-order valence-corrected chi connectivity index (χ2v) is 5.94. The van der Waals surface area contributed by atoms with Crippen LogP contribution in [0.2, 0.25) is 0 Å². The van der Waals surface area contributed by atoms with E-state index in [1.54, 1.807) is 0 Å². The van der Waals surface area contributed by atoms with Crippen molar-refractivity contribution in [2.45, 2.75) is 19.9 Å². The summed E-state index contributed by atoms with van der Waals surface area (Å²) in [5.41, 5.74) is 1.22. The highest BCUT2D eigenvalue weighted by Crippen LogP contribution is 2.38. The molecule has 1 aliphatic rings. The van der Waals surface area contributed by atoms with E-state index in [4.69, 9.17) is 0 Å². The molecule has 2 atom stereocenters. The summed E-state index contributed by atoms with van der Waals surface area (Å²) in [5, 5.41) is 1.98. The molecule has 2 aromatic rings. The number of benzene rings is 1. The second kappa shape index (κ2) is 5.13. The van der Waals surface area contributed by atoms with Gasteiger partial charge in [-0.05, 0) is 17.9 Å². The fraction of sp³-hybridized carbons (Fsp3) is 0.333. The zero-order chi connectivity index (χ0) is 13.2. The molecule has 1 saturated carbocycles. The van der Waals surface area contributed by atoms with Gasteiger partial charge in [-0.3, -0.25) is 4.79 Å². The topological polar surface area (TPSA) is 34.4 Å². The molecule has 1 aromatic carbocycles. The number of hydrogen-bond donors (Lipinski definition) is 0. The Kier molecular flexibility index (Phi) is 3.34. The van der Waals surface area contributed by atoms with Crippen LogP contribution < -0.4 is 4.80 Å². The molecule has 0 N–H and O–H groups in total. The van der Waals surface area contributed by atoms with E-state index >= 15 is 0 Å². The Labute approximate surface area is 116 Å². The maximum absolute atomic E-state index is 11.9. The molecule has 1 amide bonds. The Morgan fingerprint density at radius 2 is 2.16 bits per heavy atom. The van der Waals surface area contributed by atoms with Gasteiger partial charge in [0.15, 0.2) is 4.80 Å². The molecule has 4 heteroatoms. The number of carbonyl (C=O) groups is 1. The van der Waals surface area contributed by atoms with Crippen molar-refractivity contribution in [1.82, 2.24) is 4.57 Å². The van der Waals surface area contributed by atoms with E-state index in [-0.39, 0.29) is 11.8 Å². The first-order chi connectivity index (χ1) is 9.24. The van der Waals surface area contributed by atoms with Gasteiger partial charge in [-0.15, -0.1) is 11.3 Å². The summed E-state index contributed by atoms with van der Waals surface area (Å²) >= 11 is 1.52. The molecule has 2 unspecified atom stereocenters. The fourth-order valence-electron chi connectivity index (χ4n) is 2.13. The SMILES string of the molecule is CC1CC1C(=O)N=c1sccn1Cc1ccccc1. The molecule has 98 valence electrons. The van der Waals surface area contributed by atoms with E-state index in [0.29, 0.717) is 5.92 Å². The normalized spacial score (nSPS) is 22.5. The average Bonchev–Trinajstić information content (AvgIpc) is 3.00. The fourth-order valence-corrected chi connectivity index (χ4v) is 2.86. The highest BCUT2D eigenvalue weighted by molar-refractivity contribution is 7.07. The van der Waals surface area contributed by atoms with E-state index in [2.05, 4.69) is 24.0 Å². The van der Waals surface area contributed by atoms with Crippen molar-refractivity contribution in [3.8, 4) is 0 Å². The molecule has 1 fully saturated rings. The Morgan fingerprint density at radius 3 is 2.84 bits per heavy atom. The molecule has 0 saturated heterocycles. The third-order valence-corrected chi connectivity index (χ3v) is 4.28. The van der Waals surface area contributed by atoms with Crippen molar-refractivity contribution >= 4 is 17.2 Å². The number of carbonyl (C=O) groups excluding carboxylic acids is 1. The van der Waals surface area contributed by atoms with Crippen LogP contribution in [0.15, 0.2) is 46.9 Å². The smallest absolute Gasteiger partial charge is 0.251 e. The third-order valence-electron chi connectivity index (χ3n) is 3.49. The Morgan fingerprint density at radius 1 is 1.42 bits per heavy atom. The van der Waals surface area contributed by atoms with Gasteiger partial charge in [0.2, 0.25) is 0 Å². The maximum Gasteiger partial charge on any atom is 0.251 e. The highest BCUT2D eigenvalue weighted by atomic mass is 32.1. The van der Waals surface area contributed by atoms with Crippen LogP contribution in [0.25, 0.3) is 0 Å². The number of nitrogens with zero attached hydrogens (tertiary/aromatic N) is 2. The number of hydrogen-bond acceptors (Lipinski definition) is 2. The van der Waals surface area contributed by atoms with Crippen molar-refractivity contribution in [3.63, 3.8) is 0 Å². The third kappa shape index (κ3) is 2.84. The first-order valence-corrected chi connectivity index (χ1v) is 7.38. The average molecular weight is 272 g/mol. The minimum Gasteiger partial charge on any atom is -0.319 e. The quantitative estimate of drug-likeness (QED) is 0.846. The zero-order valence-corrected chi connectivity index (χ0v) is 11.6. The van der Waals surface area contributed by atoms with Crippen LogP contribution in [0.3, 0.4) is 0 Å². The van der Waals surface area contributed by atoms with Gasteiger partial charge >= 0.3 is 0 Å². The molecule has 0 aliphatic heterocycles. The molecule has 3 rings (SSSR count). The van der Waals surface area contributed by atoms with Crippen molar-refractivity contribution in [2.75, 3.05) is 0 Å². The van der Waals surface area contributed by atoms with Crippen molar-refractivity contribution in [3.05, 3.63) is 52.3 Å². The zero-order valence-electron chi connectivity index (χ0n) is 10.8. The highest BCUT2D eigenvalue weighted by Gasteiger charge is 2.39. The minimum atomic E-state index is 0.0387. The first-order valence-electron chi connectivity index (χ1n) is 6.50. The summed E-state index contributed by atoms with van der Waals surface area (Å²) in [7, 11) is 0. The van der Waals surface area contributed by atoms with Crippen LogP contribution in [-0.4, -0.2) is 10.5 Å². The molecule has 3 nitrogen and oxygen atoms in total. The van der Waals surface area contributed by atoms with Gasteiger partial charge in [0.1, 0.15) is 0 Å².